The summed E-state index contributed by atoms with van der Waals surface area (Å²) in [6, 6.07) is 0. The van der Waals surface area contributed by atoms with Crippen LogP contribution in [0.25, 0.3) is 0 Å². The molecule has 2 atom stereocenters. The molecule has 1 heterocycles. The second-order valence-corrected chi connectivity index (χ2v) is 4.10. The molecule has 0 radical (unpaired) electrons. The lowest BCUT2D eigenvalue weighted by Gasteiger charge is -2.39. The maximum atomic E-state index is 11.1. The second-order valence-electron chi connectivity index (χ2n) is 4.10. The zero-order chi connectivity index (χ0) is 9.64. The van der Waals surface area contributed by atoms with Crippen molar-refractivity contribution in [2.45, 2.75) is 19.8 Å². The standard InChI is InChI=1S/C9H13NO3/c1-6(11)10-4-7-2-3-9(7,5-10)8(12)13/h7H,2-5H2,1H3,(H,12,13)/t7-,9-/m1/s1. The van der Waals surface area contributed by atoms with Crippen LogP contribution in [-0.4, -0.2) is 35.0 Å². The number of amides is 1. The number of hydrogen-bond acceptors (Lipinski definition) is 2. The highest BCUT2D eigenvalue weighted by atomic mass is 16.4. The molecule has 1 N–H and O–H groups in total. The van der Waals surface area contributed by atoms with Crippen molar-refractivity contribution in [1.29, 1.82) is 0 Å². The van der Waals surface area contributed by atoms with E-state index >= 15 is 0 Å². The number of nitrogens with zero attached hydrogens (tertiary/aromatic N) is 1. The molecule has 4 nitrogen and oxygen atoms in total. The minimum absolute atomic E-state index is 0.00461. The molecule has 2 aliphatic rings. The maximum Gasteiger partial charge on any atom is 0.311 e. The van der Waals surface area contributed by atoms with Gasteiger partial charge in [-0.3, -0.25) is 9.59 Å². The summed E-state index contributed by atoms with van der Waals surface area (Å²) >= 11 is 0. The topological polar surface area (TPSA) is 57.6 Å². The molecule has 0 aromatic carbocycles. The van der Waals surface area contributed by atoms with Gasteiger partial charge in [0.05, 0.1) is 5.41 Å². The molecule has 2 fully saturated rings. The SMILES string of the molecule is CC(=O)N1C[C@H]2CC[C@@]2(C(=O)O)C1. The van der Waals surface area contributed by atoms with Crippen LogP contribution in [0.5, 0.6) is 0 Å². The monoisotopic (exact) mass is 183 g/mol. The number of aliphatic carboxylic acids is 1. The van der Waals surface area contributed by atoms with Crippen LogP contribution in [0.15, 0.2) is 0 Å². The third-order valence-corrected chi connectivity index (χ3v) is 3.51. The number of fused-ring (bicyclic) bond motifs is 1. The van der Waals surface area contributed by atoms with Crippen molar-refractivity contribution in [1.82, 2.24) is 4.90 Å². The fraction of sp³-hybridized carbons (Fsp3) is 0.778. The zero-order valence-electron chi connectivity index (χ0n) is 7.62. The molecular formula is C9H13NO3. The summed E-state index contributed by atoms with van der Waals surface area (Å²) < 4.78 is 0. The van der Waals surface area contributed by atoms with E-state index in [-0.39, 0.29) is 11.8 Å². The number of carboxylic acids is 1. The van der Waals surface area contributed by atoms with Crippen molar-refractivity contribution in [3.63, 3.8) is 0 Å². The average Bonchev–Trinajstić information content (AvgIpc) is 2.25. The van der Waals surface area contributed by atoms with E-state index in [4.69, 9.17) is 5.11 Å². The van der Waals surface area contributed by atoms with Crippen molar-refractivity contribution < 1.29 is 14.7 Å². The molecule has 0 aromatic heterocycles. The third kappa shape index (κ3) is 0.975. The van der Waals surface area contributed by atoms with Crippen molar-refractivity contribution >= 4 is 11.9 Å². The summed E-state index contributed by atoms with van der Waals surface area (Å²) in [5.74, 6) is -0.531. The third-order valence-electron chi connectivity index (χ3n) is 3.51. The number of carbonyl (C=O) groups excluding carboxylic acids is 1. The van der Waals surface area contributed by atoms with Gasteiger partial charge in [0.2, 0.25) is 5.91 Å². The van der Waals surface area contributed by atoms with Crippen LogP contribution in [0.3, 0.4) is 0 Å². The smallest absolute Gasteiger partial charge is 0.311 e. The van der Waals surface area contributed by atoms with Gasteiger partial charge in [0.15, 0.2) is 0 Å². The lowest BCUT2D eigenvalue weighted by atomic mass is 9.62. The number of carbonyl (C=O) groups is 2. The minimum Gasteiger partial charge on any atom is -0.481 e. The molecule has 2 rings (SSSR count). The van der Waals surface area contributed by atoms with E-state index in [0.29, 0.717) is 13.1 Å². The summed E-state index contributed by atoms with van der Waals surface area (Å²) in [6.07, 6.45) is 1.69. The summed E-state index contributed by atoms with van der Waals surface area (Å²) in [4.78, 5) is 23.7. The first-order valence-electron chi connectivity index (χ1n) is 4.55. The Labute approximate surface area is 76.5 Å². The van der Waals surface area contributed by atoms with E-state index < -0.39 is 11.4 Å². The van der Waals surface area contributed by atoms with E-state index in [0.717, 1.165) is 12.8 Å². The highest BCUT2D eigenvalue weighted by Gasteiger charge is 2.58. The van der Waals surface area contributed by atoms with Gasteiger partial charge >= 0.3 is 5.97 Å². The molecule has 1 saturated heterocycles. The maximum absolute atomic E-state index is 11.1. The van der Waals surface area contributed by atoms with Crippen molar-refractivity contribution in [2.75, 3.05) is 13.1 Å². The Balaban J connectivity index is 2.17. The summed E-state index contributed by atoms with van der Waals surface area (Å²) in [7, 11) is 0. The van der Waals surface area contributed by atoms with Crippen LogP contribution in [0, 0.1) is 11.3 Å². The van der Waals surface area contributed by atoms with Crippen LogP contribution < -0.4 is 0 Å². The van der Waals surface area contributed by atoms with Gasteiger partial charge in [0, 0.05) is 20.0 Å². The van der Waals surface area contributed by atoms with Gasteiger partial charge in [0.25, 0.3) is 0 Å². The molecule has 0 aromatic rings. The van der Waals surface area contributed by atoms with Crippen LogP contribution in [0.4, 0.5) is 0 Å². The molecule has 1 saturated carbocycles. The van der Waals surface area contributed by atoms with Gasteiger partial charge in [0.1, 0.15) is 0 Å². The van der Waals surface area contributed by atoms with Crippen LogP contribution >= 0.6 is 0 Å². The Morgan fingerprint density at radius 2 is 2.23 bits per heavy atom. The highest BCUT2D eigenvalue weighted by Crippen LogP contribution is 2.51. The first-order chi connectivity index (χ1) is 6.06. The van der Waals surface area contributed by atoms with Crippen LogP contribution in [0.1, 0.15) is 19.8 Å². The average molecular weight is 183 g/mol. The van der Waals surface area contributed by atoms with Crippen LogP contribution in [-0.2, 0) is 9.59 Å². The first-order valence-corrected chi connectivity index (χ1v) is 4.55. The van der Waals surface area contributed by atoms with E-state index in [1.54, 1.807) is 4.90 Å². The van der Waals surface area contributed by atoms with Crippen molar-refractivity contribution in [3.05, 3.63) is 0 Å². The van der Waals surface area contributed by atoms with Gasteiger partial charge in [-0.05, 0) is 18.8 Å². The molecule has 1 amide bonds. The minimum atomic E-state index is -0.729. The number of hydrogen-bond donors (Lipinski definition) is 1. The van der Waals surface area contributed by atoms with E-state index in [1.807, 2.05) is 0 Å². The molecule has 1 aliphatic carbocycles. The zero-order valence-corrected chi connectivity index (χ0v) is 7.62. The Bertz CT molecular complexity index is 276. The van der Waals surface area contributed by atoms with Gasteiger partial charge in [-0.2, -0.15) is 0 Å². The van der Waals surface area contributed by atoms with E-state index in [2.05, 4.69) is 0 Å². The Morgan fingerprint density at radius 1 is 1.54 bits per heavy atom. The van der Waals surface area contributed by atoms with E-state index in [1.165, 1.54) is 6.92 Å². The molecule has 0 spiro atoms. The quantitative estimate of drug-likeness (QED) is 0.637. The Morgan fingerprint density at radius 3 is 2.54 bits per heavy atom. The Hall–Kier alpha value is -1.06. The van der Waals surface area contributed by atoms with Gasteiger partial charge in [-0.15, -0.1) is 0 Å². The summed E-state index contributed by atoms with van der Waals surface area (Å²) in [5.41, 5.74) is -0.592. The lowest BCUT2D eigenvalue weighted by Crippen LogP contribution is -2.46. The number of rotatable bonds is 1. The molecule has 0 bridgehead atoms. The molecule has 4 heteroatoms. The van der Waals surface area contributed by atoms with Crippen molar-refractivity contribution in [3.8, 4) is 0 Å². The highest BCUT2D eigenvalue weighted by molar-refractivity contribution is 5.80. The first kappa shape index (κ1) is 8.53. The van der Waals surface area contributed by atoms with Gasteiger partial charge < -0.3 is 10.0 Å². The summed E-state index contributed by atoms with van der Waals surface area (Å²) in [5, 5.41) is 9.06. The fourth-order valence-electron chi connectivity index (χ4n) is 2.43. The van der Waals surface area contributed by atoms with E-state index in [9.17, 15) is 9.59 Å². The summed E-state index contributed by atoms with van der Waals surface area (Å²) in [6.45, 7) is 2.56. The second kappa shape index (κ2) is 2.47. The normalized spacial score (nSPS) is 36.7. The fourth-order valence-corrected chi connectivity index (χ4v) is 2.43. The Kier molecular flexibility index (Phi) is 1.62. The number of likely N-dealkylation sites (tertiary alicyclic amines) is 1. The molecular weight excluding hydrogens is 170 g/mol. The lowest BCUT2D eigenvalue weighted by molar-refractivity contribution is -0.157. The number of carboxylic acid groups (broad SMARTS) is 1. The molecule has 1 aliphatic heterocycles. The molecule has 0 unspecified atom stereocenters. The van der Waals surface area contributed by atoms with Gasteiger partial charge in [-0.1, -0.05) is 0 Å². The largest absolute Gasteiger partial charge is 0.481 e. The predicted molar refractivity (Wildman–Crippen MR) is 45.0 cm³/mol. The van der Waals surface area contributed by atoms with Crippen molar-refractivity contribution in [2.24, 2.45) is 11.3 Å². The predicted octanol–water partition coefficient (Wildman–Crippen LogP) is 0.329. The molecule has 13 heavy (non-hydrogen) atoms. The molecule has 72 valence electrons. The van der Waals surface area contributed by atoms with Crippen LogP contribution in [0.2, 0.25) is 0 Å². The van der Waals surface area contributed by atoms with Gasteiger partial charge in [-0.25, -0.2) is 0 Å².